The Bertz CT molecular complexity index is 587. The van der Waals surface area contributed by atoms with Gasteiger partial charge in [0.1, 0.15) is 5.75 Å². The Hall–Kier alpha value is -1.55. The smallest absolute Gasteiger partial charge is 0.137 e. The fraction of sp³-hybridized carbons (Fsp3) is 0.294. The minimum atomic E-state index is 0.631. The lowest BCUT2D eigenvalue weighted by Crippen LogP contribution is -2.14. The average Bonchev–Trinajstić information content (AvgIpc) is 2.49. The molecule has 0 saturated heterocycles. The second-order valence-electron chi connectivity index (χ2n) is 4.77. The Kier molecular flexibility index (Phi) is 6.05. The third-order valence-corrected chi connectivity index (χ3v) is 3.57. The molecular formula is C17H20ClNO2. The number of ether oxygens (including phenoxy) is 2. The molecule has 0 atom stereocenters. The van der Waals surface area contributed by atoms with Crippen LogP contribution in [0.4, 0.5) is 0 Å². The maximum atomic E-state index is 6.12. The van der Waals surface area contributed by atoms with Crippen molar-refractivity contribution in [2.75, 3.05) is 14.2 Å². The molecule has 0 amide bonds. The average molecular weight is 306 g/mol. The quantitative estimate of drug-likeness (QED) is 0.844. The topological polar surface area (TPSA) is 30.5 Å². The van der Waals surface area contributed by atoms with Crippen molar-refractivity contribution in [1.82, 2.24) is 5.32 Å². The number of rotatable bonds is 7. The number of halogens is 1. The summed E-state index contributed by atoms with van der Waals surface area (Å²) in [6.07, 6.45) is 0. The summed E-state index contributed by atoms with van der Waals surface area (Å²) in [6.45, 7) is 2.18. The van der Waals surface area contributed by atoms with E-state index < -0.39 is 0 Å². The first-order valence-electron chi connectivity index (χ1n) is 6.83. The largest absolute Gasteiger partial charge is 0.495 e. The van der Waals surface area contributed by atoms with Crippen molar-refractivity contribution in [1.29, 1.82) is 0 Å². The highest BCUT2D eigenvalue weighted by molar-refractivity contribution is 6.32. The van der Waals surface area contributed by atoms with E-state index in [-0.39, 0.29) is 0 Å². The van der Waals surface area contributed by atoms with Gasteiger partial charge in [-0.1, -0.05) is 41.9 Å². The van der Waals surface area contributed by atoms with E-state index in [9.17, 15) is 0 Å². The summed E-state index contributed by atoms with van der Waals surface area (Å²) in [4.78, 5) is 0. The second-order valence-corrected chi connectivity index (χ2v) is 5.18. The van der Waals surface area contributed by atoms with Crippen LogP contribution in [-0.2, 0) is 24.4 Å². The van der Waals surface area contributed by atoms with Gasteiger partial charge in [0.25, 0.3) is 0 Å². The molecule has 0 aliphatic rings. The lowest BCUT2D eigenvalue weighted by Gasteiger charge is -2.11. The summed E-state index contributed by atoms with van der Waals surface area (Å²) < 4.78 is 10.4. The molecule has 0 heterocycles. The van der Waals surface area contributed by atoms with Crippen LogP contribution in [0.5, 0.6) is 5.75 Å². The molecule has 0 unspecified atom stereocenters. The summed E-state index contributed by atoms with van der Waals surface area (Å²) >= 11 is 6.12. The summed E-state index contributed by atoms with van der Waals surface area (Å²) in [6, 6.07) is 14.1. The Morgan fingerprint density at radius 1 is 1.00 bits per heavy atom. The zero-order valence-electron chi connectivity index (χ0n) is 12.4. The third-order valence-electron chi connectivity index (χ3n) is 3.28. The van der Waals surface area contributed by atoms with E-state index in [4.69, 9.17) is 21.1 Å². The first kappa shape index (κ1) is 15.8. The standard InChI is InChI=1S/C17H20ClNO2/c1-20-12-15-6-4-3-5-14(15)11-19-10-13-7-8-17(21-2)16(18)9-13/h3-9,19H,10-12H2,1-2H3. The monoisotopic (exact) mass is 305 g/mol. The minimum Gasteiger partial charge on any atom is -0.495 e. The molecule has 0 aromatic heterocycles. The second kappa shape index (κ2) is 8.03. The summed E-state index contributed by atoms with van der Waals surface area (Å²) in [5.74, 6) is 0.700. The molecule has 0 saturated carbocycles. The van der Waals surface area contributed by atoms with Gasteiger partial charge in [-0.15, -0.1) is 0 Å². The molecule has 1 N–H and O–H groups in total. The predicted octanol–water partition coefficient (Wildman–Crippen LogP) is 3.78. The van der Waals surface area contributed by atoms with Gasteiger partial charge < -0.3 is 14.8 Å². The van der Waals surface area contributed by atoms with E-state index in [1.165, 1.54) is 11.1 Å². The molecule has 112 valence electrons. The zero-order valence-corrected chi connectivity index (χ0v) is 13.1. The SMILES string of the molecule is COCc1ccccc1CNCc1ccc(OC)c(Cl)c1. The van der Waals surface area contributed by atoms with Crippen LogP contribution in [0, 0.1) is 0 Å². The predicted molar refractivity (Wildman–Crippen MR) is 85.7 cm³/mol. The summed E-state index contributed by atoms with van der Waals surface area (Å²) in [5, 5.41) is 4.06. The van der Waals surface area contributed by atoms with Gasteiger partial charge in [-0.2, -0.15) is 0 Å². The Labute approximate surface area is 130 Å². The van der Waals surface area contributed by atoms with Gasteiger partial charge in [0, 0.05) is 20.2 Å². The molecular weight excluding hydrogens is 286 g/mol. The minimum absolute atomic E-state index is 0.631. The van der Waals surface area contributed by atoms with E-state index >= 15 is 0 Å². The normalized spacial score (nSPS) is 10.6. The number of benzene rings is 2. The molecule has 21 heavy (non-hydrogen) atoms. The Morgan fingerprint density at radius 3 is 2.43 bits per heavy atom. The van der Waals surface area contributed by atoms with Crippen LogP contribution in [0.1, 0.15) is 16.7 Å². The summed E-state index contributed by atoms with van der Waals surface area (Å²) in [5.41, 5.74) is 3.59. The highest BCUT2D eigenvalue weighted by atomic mass is 35.5. The van der Waals surface area contributed by atoms with Crippen molar-refractivity contribution >= 4 is 11.6 Å². The molecule has 0 bridgehead atoms. The van der Waals surface area contributed by atoms with Gasteiger partial charge in [0.2, 0.25) is 0 Å². The van der Waals surface area contributed by atoms with E-state index in [0.29, 0.717) is 17.4 Å². The molecule has 0 aliphatic carbocycles. The lowest BCUT2D eigenvalue weighted by molar-refractivity contribution is 0.184. The van der Waals surface area contributed by atoms with Crippen molar-refractivity contribution in [2.24, 2.45) is 0 Å². The molecule has 0 radical (unpaired) electrons. The van der Waals surface area contributed by atoms with Gasteiger partial charge in [0.15, 0.2) is 0 Å². The van der Waals surface area contributed by atoms with Crippen molar-refractivity contribution in [3.05, 3.63) is 64.2 Å². The molecule has 4 heteroatoms. The molecule has 2 aromatic carbocycles. The van der Waals surface area contributed by atoms with Crippen LogP contribution >= 0.6 is 11.6 Å². The van der Waals surface area contributed by atoms with Gasteiger partial charge in [-0.05, 0) is 28.8 Å². The van der Waals surface area contributed by atoms with Gasteiger partial charge in [0.05, 0.1) is 18.7 Å². The van der Waals surface area contributed by atoms with Crippen LogP contribution in [0.15, 0.2) is 42.5 Å². The molecule has 0 spiro atoms. The Balaban J connectivity index is 1.94. The van der Waals surface area contributed by atoms with Gasteiger partial charge in [-0.3, -0.25) is 0 Å². The van der Waals surface area contributed by atoms with Crippen molar-refractivity contribution in [3.8, 4) is 5.75 Å². The fourth-order valence-electron chi connectivity index (χ4n) is 2.19. The van der Waals surface area contributed by atoms with Crippen molar-refractivity contribution in [2.45, 2.75) is 19.7 Å². The first-order valence-corrected chi connectivity index (χ1v) is 7.21. The van der Waals surface area contributed by atoms with Gasteiger partial charge in [-0.25, -0.2) is 0 Å². The van der Waals surface area contributed by atoms with Crippen LogP contribution in [0.25, 0.3) is 0 Å². The number of hydrogen-bond donors (Lipinski definition) is 1. The van der Waals surface area contributed by atoms with Crippen LogP contribution < -0.4 is 10.1 Å². The van der Waals surface area contributed by atoms with Crippen LogP contribution in [-0.4, -0.2) is 14.2 Å². The molecule has 2 rings (SSSR count). The number of hydrogen-bond acceptors (Lipinski definition) is 3. The van der Waals surface area contributed by atoms with E-state index in [1.54, 1.807) is 14.2 Å². The maximum absolute atomic E-state index is 6.12. The van der Waals surface area contributed by atoms with Crippen LogP contribution in [0.2, 0.25) is 5.02 Å². The lowest BCUT2D eigenvalue weighted by atomic mass is 10.1. The summed E-state index contributed by atoms with van der Waals surface area (Å²) in [7, 11) is 3.33. The molecule has 3 nitrogen and oxygen atoms in total. The maximum Gasteiger partial charge on any atom is 0.137 e. The first-order chi connectivity index (χ1) is 10.2. The molecule has 2 aromatic rings. The third kappa shape index (κ3) is 4.46. The highest BCUT2D eigenvalue weighted by Gasteiger charge is 2.03. The highest BCUT2D eigenvalue weighted by Crippen LogP contribution is 2.24. The Morgan fingerprint density at radius 2 is 1.76 bits per heavy atom. The van der Waals surface area contributed by atoms with Crippen LogP contribution in [0.3, 0.4) is 0 Å². The number of methoxy groups -OCH3 is 2. The van der Waals surface area contributed by atoms with E-state index in [0.717, 1.165) is 18.7 Å². The zero-order chi connectivity index (χ0) is 15.1. The molecule has 0 fully saturated rings. The van der Waals surface area contributed by atoms with Gasteiger partial charge >= 0.3 is 0 Å². The number of nitrogens with one attached hydrogen (secondary N) is 1. The van der Waals surface area contributed by atoms with E-state index in [1.807, 2.05) is 30.3 Å². The molecule has 0 aliphatic heterocycles. The van der Waals surface area contributed by atoms with Crippen molar-refractivity contribution in [3.63, 3.8) is 0 Å². The fourth-order valence-corrected chi connectivity index (χ4v) is 2.47. The van der Waals surface area contributed by atoms with Crippen molar-refractivity contribution < 1.29 is 9.47 Å². The van der Waals surface area contributed by atoms with E-state index in [2.05, 4.69) is 17.4 Å².